The molecule has 2 aromatic heterocycles. The van der Waals surface area contributed by atoms with Gasteiger partial charge >= 0.3 is 0 Å². The van der Waals surface area contributed by atoms with Crippen LogP contribution in [0.1, 0.15) is 16.7 Å². The van der Waals surface area contributed by atoms with Gasteiger partial charge in [0.05, 0.1) is 28.0 Å². The summed E-state index contributed by atoms with van der Waals surface area (Å²) in [6.07, 6.45) is 2.20. The first-order chi connectivity index (χ1) is 6.70. The summed E-state index contributed by atoms with van der Waals surface area (Å²) < 4.78 is 5.21. The van der Waals surface area contributed by atoms with Crippen LogP contribution in [0.3, 0.4) is 0 Å². The van der Waals surface area contributed by atoms with Crippen LogP contribution in [0.15, 0.2) is 12.4 Å². The van der Waals surface area contributed by atoms with Crippen molar-refractivity contribution in [1.29, 1.82) is 0 Å². The molecule has 0 aliphatic rings. The molecule has 2 heterocycles. The van der Waals surface area contributed by atoms with Crippen molar-refractivity contribution in [3.05, 3.63) is 28.0 Å². The molecule has 1 atom stereocenters. The van der Waals surface area contributed by atoms with Crippen molar-refractivity contribution in [2.75, 3.05) is 0 Å². The molecular weight excluding hydrogens is 224 g/mol. The monoisotopic (exact) mass is 230 g/mol. The van der Waals surface area contributed by atoms with E-state index in [2.05, 4.69) is 14.7 Å². The summed E-state index contributed by atoms with van der Waals surface area (Å²) >= 11 is 7.01. The molecular formula is C7H7ClN4OS. The Morgan fingerprint density at radius 2 is 2.36 bits per heavy atom. The SMILES string of the molecule is Cn1ncc(Cl)c1C(O)c1cnns1. The van der Waals surface area contributed by atoms with Gasteiger partial charge in [0.1, 0.15) is 6.10 Å². The fourth-order valence-corrected chi connectivity index (χ4v) is 1.92. The average Bonchev–Trinajstić information content (AvgIpc) is 2.75. The predicted molar refractivity (Wildman–Crippen MR) is 52.2 cm³/mol. The van der Waals surface area contributed by atoms with E-state index in [0.29, 0.717) is 15.6 Å². The third kappa shape index (κ3) is 1.52. The van der Waals surface area contributed by atoms with Crippen LogP contribution in [0.4, 0.5) is 0 Å². The Bertz CT molecular complexity index is 407. The Labute approximate surface area is 89.1 Å². The minimum atomic E-state index is -0.810. The molecule has 2 aromatic rings. The summed E-state index contributed by atoms with van der Waals surface area (Å²) in [7, 11) is 1.72. The molecule has 2 rings (SSSR count). The van der Waals surface area contributed by atoms with Crippen molar-refractivity contribution < 1.29 is 5.11 Å². The zero-order valence-electron chi connectivity index (χ0n) is 7.25. The lowest BCUT2D eigenvalue weighted by Crippen LogP contribution is -2.05. The highest BCUT2D eigenvalue weighted by atomic mass is 35.5. The summed E-state index contributed by atoms with van der Waals surface area (Å²) in [6.45, 7) is 0. The summed E-state index contributed by atoms with van der Waals surface area (Å²) in [4.78, 5) is 0.649. The molecule has 0 bridgehead atoms. The van der Waals surface area contributed by atoms with E-state index in [-0.39, 0.29) is 0 Å². The Balaban J connectivity index is 2.41. The fraction of sp³-hybridized carbons (Fsp3) is 0.286. The van der Waals surface area contributed by atoms with Gasteiger partial charge in [-0.3, -0.25) is 4.68 Å². The maximum atomic E-state index is 9.92. The molecule has 5 nitrogen and oxygen atoms in total. The number of aliphatic hydroxyl groups excluding tert-OH is 1. The summed E-state index contributed by atoms with van der Waals surface area (Å²) in [5, 5.41) is 17.9. The molecule has 0 spiro atoms. The summed E-state index contributed by atoms with van der Waals surface area (Å²) in [6, 6.07) is 0. The Hall–Kier alpha value is -0.980. The lowest BCUT2D eigenvalue weighted by atomic mass is 10.2. The standard InChI is InChI=1S/C7H7ClN4OS/c1-12-6(4(8)2-10-12)7(13)5-3-9-11-14-5/h2-3,7,13H,1H3. The second-order valence-electron chi connectivity index (χ2n) is 2.72. The first-order valence-corrected chi connectivity index (χ1v) is 4.98. The zero-order chi connectivity index (χ0) is 10.1. The third-order valence-corrected chi connectivity index (χ3v) is 2.85. The van der Waals surface area contributed by atoms with Gasteiger partial charge in [0.2, 0.25) is 0 Å². The van der Waals surface area contributed by atoms with Gasteiger partial charge < -0.3 is 5.11 Å². The largest absolute Gasteiger partial charge is 0.381 e. The second-order valence-corrected chi connectivity index (χ2v) is 3.95. The maximum absolute atomic E-state index is 9.92. The smallest absolute Gasteiger partial charge is 0.134 e. The van der Waals surface area contributed by atoms with E-state index in [9.17, 15) is 5.11 Å². The molecule has 0 radical (unpaired) electrons. The van der Waals surface area contributed by atoms with Crippen molar-refractivity contribution in [2.24, 2.45) is 7.05 Å². The van der Waals surface area contributed by atoms with Crippen molar-refractivity contribution in [3.8, 4) is 0 Å². The van der Waals surface area contributed by atoms with Crippen LogP contribution in [-0.4, -0.2) is 24.5 Å². The van der Waals surface area contributed by atoms with Crippen LogP contribution < -0.4 is 0 Å². The lowest BCUT2D eigenvalue weighted by Gasteiger charge is -2.08. The van der Waals surface area contributed by atoms with Crippen LogP contribution in [0.5, 0.6) is 0 Å². The number of nitrogens with zero attached hydrogens (tertiary/aromatic N) is 4. The molecule has 0 aromatic carbocycles. The minimum Gasteiger partial charge on any atom is -0.381 e. The molecule has 0 saturated carbocycles. The van der Waals surface area contributed by atoms with E-state index < -0.39 is 6.10 Å². The van der Waals surface area contributed by atoms with Crippen LogP contribution >= 0.6 is 23.1 Å². The minimum absolute atomic E-state index is 0.438. The van der Waals surface area contributed by atoms with Gasteiger partial charge in [-0.1, -0.05) is 16.1 Å². The zero-order valence-corrected chi connectivity index (χ0v) is 8.83. The lowest BCUT2D eigenvalue weighted by molar-refractivity contribution is 0.213. The molecule has 0 saturated heterocycles. The van der Waals surface area contributed by atoms with Gasteiger partial charge in [-0.25, -0.2) is 0 Å². The number of aromatic nitrogens is 4. The highest BCUT2D eigenvalue weighted by Gasteiger charge is 2.19. The Morgan fingerprint density at radius 3 is 2.86 bits per heavy atom. The number of halogens is 1. The molecule has 0 aliphatic carbocycles. The molecule has 14 heavy (non-hydrogen) atoms. The van der Waals surface area contributed by atoms with E-state index >= 15 is 0 Å². The molecule has 0 fully saturated rings. The van der Waals surface area contributed by atoms with E-state index in [0.717, 1.165) is 11.5 Å². The Morgan fingerprint density at radius 1 is 1.57 bits per heavy atom. The number of hydrogen-bond donors (Lipinski definition) is 1. The van der Waals surface area contributed by atoms with Crippen LogP contribution in [0.25, 0.3) is 0 Å². The van der Waals surface area contributed by atoms with Crippen LogP contribution in [0, 0.1) is 0 Å². The second kappa shape index (κ2) is 3.64. The maximum Gasteiger partial charge on any atom is 0.134 e. The first-order valence-electron chi connectivity index (χ1n) is 3.83. The number of aliphatic hydroxyl groups is 1. The van der Waals surface area contributed by atoms with Crippen molar-refractivity contribution >= 4 is 23.1 Å². The van der Waals surface area contributed by atoms with Crippen LogP contribution in [0.2, 0.25) is 5.02 Å². The highest BCUT2D eigenvalue weighted by molar-refractivity contribution is 7.05. The average molecular weight is 231 g/mol. The van der Waals surface area contributed by atoms with E-state index in [1.54, 1.807) is 7.05 Å². The molecule has 0 amide bonds. The van der Waals surface area contributed by atoms with E-state index in [1.165, 1.54) is 17.1 Å². The predicted octanol–water partition coefficient (Wildman–Crippen LogP) is 1.01. The van der Waals surface area contributed by atoms with Gasteiger partial charge in [0.25, 0.3) is 0 Å². The number of aryl methyl sites for hydroxylation is 1. The van der Waals surface area contributed by atoms with Gasteiger partial charge in [0.15, 0.2) is 0 Å². The molecule has 7 heteroatoms. The van der Waals surface area contributed by atoms with Gasteiger partial charge in [-0.2, -0.15) is 5.10 Å². The summed E-state index contributed by atoms with van der Waals surface area (Å²) in [5.74, 6) is 0. The molecule has 1 unspecified atom stereocenters. The topological polar surface area (TPSA) is 63.8 Å². The molecule has 0 aliphatic heterocycles. The van der Waals surface area contributed by atoms with Gasteiger partial charge in [0, 0.05) is 7.05 Å². The highest BCUT2D eigenvalue weighted by Crippen LogP contribution is 2.28. The molecule has 74 valence electrons. The number of rotatable bonds is 2. The first kappa shape index (κ1) is 9.57. The van der Waals surface area contributed by atoms with Crippen molar-refractivity contribution in [1.82, 2.24) is 19.4 Å². The molecule has 1 N–H and O–H groups in total. The summed E-state index contributed by atoms with van der Waals surface area (Å²) in [5.41, 5.74) is 0.553. The van der Waals surface area contributed by atoms with Crippen molar-refractivity contribution in [3.63, 3.8) is 0 Å². The quantitative estimate of drug-likeness (QED) is 0.836. The number of hydrogen-bond acceptors (Lipinski definition) is 5. The van der Waals surface area contributed by atoms with Crippen LogP contribution in [-0.2, 0) is 7.05 Å². The van der Waals surface area contributed by atoms with Gasteiger partial charge in [-0.15, -0.1) is 5.10 Å². The van der Waals surface area contributed by atoms with Crippen molar-refractivity contribution in [2.45, 2.75) is 6.10 Å². The van der Waals surface area contributed by atoms with E-state index in [4.69, 9.17) is 11.6 Å². The fourth-order valence-electron chi connectivity index (χ4n) is 1.16. The third-order valence-electron chi connectivity index (χ3n) is 1.84. The Kier molecular flexibility index (Phi) is 2.49. The normalized spacial score (nSPS) is 13.1. The van der Waals surface area contributed by atoms with Gasteiger partial charge in [-0.05, 0) is 11.5 Å². The van der Waals surface area contributed by atoms with E-state index in [1.807, 2.05) is 0 Å².